The molecule has 0 spiro atoms. The van der Waals surface area contributed by atoms with E-state index in [1.165, 1.54) is 23.1 Å². The van der Waals surface area contributed by atoms with Gasteiger partial charge in [-0.2, -0.15) is 0 Å². The number of aromatic nitrogens is 4. The Balaban J connectivity index is 1.69. The lowest BCUT2D eigenvalue weighted by Gasteiger charge is -2.13. The van der Waals surface area contributed by atoms with Crippen molar-refractivity contribution < 1.29 is 9.53 Å². The lowest BCUT2D eigenvalue weighted by atomic mass is 10.1. The molecule has 0 bridgehead atoms. The van der Waals surface area contributed by atoms with Gasteiger partial charge in [0.05, 0.1) is 5.25 Å². The van der Waals surface area contributed by atoms with Crippen LogP contribution in [-0.4, -0.2) is 30.9 Å². The lowest BCUT2D eigenvalue weighted by molar-refractivity contribution is -0.115. The number of thioether (sulfide) groups is 1. The highest BCUT2D eigenvalue weighted by atomic mass is 32.2. The number of rotatable bonds is 9. The average molecular weight is 430 g/mol. The van der Waals surface area contributed by atoms with Gasteiger partial charge in [-0.05, 0) is 38.0 Å². The van der Waals surface area contributed by atoms with Gasteiger partial charge in [-0.1, -0.05) is 30.0 Å². The molecule has 0 saturated carbocycles. The molecule has 1 N–H and O–H groups in total. The van der Waals surface area contributed by atoms with Crippen LogP contribution in [0, 0.1) is 13.8 Å². The van der Waals surface area contributed by atoms with Crippen LogP contribution in [0.15, 0.2) is 47.6 Å². The van der Waals surface area contributed by atoms with Gasteiger partial charge in [-0.15, -0.1) is 28.1 Å². The number of nitrogens with zero attached hydrogens (tertiary/aromatic N) is 4. The number of carbonyl (C=O) groups excluding carboxylic acids is 1. The van der Waals surface area contributed by atoms with Gasteiger partial charge >= 0.3 is 0 Å². The number of aryl methyl sites for hydroxylation is 2. The van der Waals surface area contributed by atoms with E-state index in [9.17, 15) is 4.79 Å². The highest BCUT2D eigenvalue weighted by Crippen LogP contribution is 2.25. The van der Waals surface area contributed by atoms with Gasteiger partial charge in [0, 0.05) is 18.1 Å². The number of amides is 1. The molecule has 2 aromatic heterocycles. The SMILES string of the molecule is C=CCn1c(COc2cc(C)ccc2C)nnc1S[C@@H](C)C(=O)Nc1nccs1. The first kappa shape index (κ1) is 21.1. The summed E-state index contributed by atoms with van der Waals surface area (Å²) in [4.78, 5) is 16.5. The maximum absolute atomic E-state index is 12.4. The molecule has 0 fully saturated rings. The lowest BCUT2D eigenvalue weighted by Crippen LogP contribution is -2.23. The molecule has 1 amide bonds. The summed E-state index contributed by atoms with van der Waals surface area (Å²) in [6.07, 6.45) is 3.43. The first-order valence-electron chi connectivity index (χ1n) is 9.08. The van der Waals surface area contributed by atoms with E-state index in [1.807, 2.05) is 42.9 Å². The number of ether oxygens (including phenoxy) is 1. The Bertz CT molecular complexity index is 985. The van der Waals surface area contributed by atoms with Crippen LogP contribution < -0.4 is 10.1 Å². The smallest absolute Gasteiger partial charge is 0.239 e. The predicted octanol–water partition coefficient (Wildman–Crippen LogP) is 4.24. The first-order chi connectivity index (χ1) is 14.0. The Morgan fingerprint density at radius 1 is 1.41 bits per heavy atom. The molecule has 1 aromatic carbocycles. The first-order valence-corrected chi connectivity index (χ1v) is 10.8. The molecule has 9 heteroatoms. The van der Waals surface area contributed by atoms with Crippen molar-refractivity contribution in [3.63, 3.8) is 0 Å². The normalized spacial score (nSPS) is 11.8. The zero-order valence-electron chi connectivity index (χ0n) is 16.6. The minimum Gasteiger partial charge on any atom is -0.485 e. The number of anilines is 1. The van der Waals surface area contributed by atoms with E-state index in [2.05, 4.69) is 33.1 Å². The maximum atomic E-state index is 12.4. The summed E-state index contributed by atoms with van der Waals surface area (Å²) < 4.78 is 7.89. The van der Waals surface area contributed by atoms with Crippen molar-refractivity contribution in [1.29, 1.82) is 0 Å². The van der Waals surface area contributed by atoms with Crippen molar-refractivity contribution in [3.05, 3.63) is 59.4 Å². The fourth-order valence-electron chi connectivity index (χ4n) is 2.53. The van der Waals surface area contributed by atoms with Gasteiger partial charge in [0.25, 0.3) is 0 Å². The van der Waals surface area contributed by atoms with Crippen LogP contribution >= 0.6 is 23.1 Å². The van der Waals surface area contributed by atoms with E-state index in [0.717, 1.165) is 16.9 Å². The van der Waals surface area contributed by atoms with Crippen molar-refractivity contribution in [2.45, 2.75) is 44.3 Å². The van der Waals surface area contributed by atoms with Gasteiger partial charge in [-0.25, -0.2) is 4.98 Å². The van der Waals surface area contributed by atoms with E-state index in [4.69, 9.17) is 4.74 Å². The minimum absolute atomic E-state index is 0.133. The molecule has 3 aromatic rings. The van der Waals surface area contributed by atoms with Crippen LogP contribution in [0.25, 0.3) is 0 Å². The minimum atomic E-state index is -0.362. The van der Waals surface area contributed by atoms with Crippen LogP contribution in [0.2, 0.25) is 0 Å². The highest BCUT2D eigenvalue weighted by molar-refractivity contribution is 8.00. The van der Waals surface area contributed by atoms with Crippen molar-refractivity contribution in [2.75, 3.05) is 5.32 Å². The van der Waals surface area contributed by atoms with Crippen molar-refractivity contribution in [2.24, 2.45) is 0 Å². The van der Waals surface area contributed by atoms with Gasteiger partial charge < -0.3 is 10.1 Å². The fourth-order valence-corrected chi connectivity index (χ4v) is 3.94. The Kier molecular flexibility index (Phi) is 7.05. The molecule has 7 nitrogen and oxygen atoms in total. The molecular formula is C20H23N5O2S2. The number of hydrogen-bond donors (Lipinski definition) is 1. The second-order valence-electron chi connectivity index (χ2n) is 6.44. The van der Waals surface area contributed by atoms with E-state index < -0.39 is 0 Å². The molecule has 29 heavy (non-hydrogen) atoms. The molecular weight excluding hydrogens is 406 g/mol. The molecule has 0 radical (unpaired) electrons. The summed E-state index contributed by atoms with van der Waals surface area (Å²) in [5.41, 5.74) is 2.20. The number of hydrogen-bond acceptors (Lipinski definition) is 7. The molecule has 0 aliphatic heterocycles. The number of allylic oxidation sites excluding steroid dienone is 1. The Hall–Kier alpha value is -2.65. The molecule has 152 valence electrons. The van der Waals surface area contributed by atoms with Crippen LogP contribution in [0.4, 0.5) is 5.13 Å². The summed E-state index contributed by atoms with van der Waals surface area (Å²) in [5.74, 6) is 1.37. The van der Waals surface area contributed by atoms with Crippen molar-refractivity contribution in [3.8, 4) is 5.75 Å². The molecule has 0 aliphatic rings. The summed E-state index contributed by atoms with van der Waals surface area (Å²) in [6.45, 7) is 10.5. The van der Waals surface area contributed by atoms with Crippen LogP contribution in [-0.2, 0) is 17.9 Å². The van der Waals surface area contributed by atoms with Gasteiger partial charge in [-0.3, -0.25) is 9.36 Å². The third-order valence-electron chi connectivity index (χ3n) is 4.12. The Morgan fingerprint density at radius 3 is 2.97 bits per heavy atom. The Labute approximate surface area is 178 Å². The maximum Gasteiger partial charge on any atom is 0.239 e. The van der Waals surface area contributed by atoms with E-state index in [-0.39, 0.29) is 17.8 Å². The van der Waals surface area contributed by atoms with Gasteiger partial charge in [0.1, 0.15) is 12.4 Å². The summed E-state index contributed by atoms with van der Waals surface area (Å²) in [7, 11) is 0. The summed E-state index contributed by atoms with van der Waals surface area (Å²) >= 11 is 2.72. The average Bonchev–Trinajstić information content (AvgIpc) is 3.33. The predicted molar refractivity (Wildman–Crippen MR) is 117 cm³/mol. The summed E-state index contributed by atoms with van der Waals surface area (Å²) in [6, 6.07) is 6.09. The number of carbonyl (C=O) groups is 1. The monoisotopic (exact) mass is 429 g/mol. The molecule has 0 unspecified atom stereocenters. The third-order valence-corrected chi connectivity index (χ3v) is 5.89. The summed E-state index contributed by atoms with van der Waals surface area (Å²) in [5, 5.41) is 14.0. The van der Waals surface area contributed by atoms with Crippen LogP contribution in [0.3, 0.4) is 0 Å². The second-order valence-corrected chi connectivity index (χ2v) is 8.64. The topological polar surface area (TPSA) is 81.9 Å². The molecule has 0 saturated heterocycles. The number of benzene rings is 1. The molecule has 2 heterocycles. The van der Waals surface area contributed by atoms with Gasteiger partial charge in [0.15, 0.2) is 16.1 Å². The third kappa shape index (κ3) is 5.45. The molecule has 3 rings (SSSR count). The van der Waals surface area contributed by atoms with E-state index >= 15 is 0 Å². The Morgan fingerprint density at radius 2 is 2.24 bits per heavy atom. The zero-order valence-corrected chi connectivity index (χ0v) is 18.2. The number of nitrogens with one attached hydrogen (secondary N) is 1. The highest BCUT2D eigenvalue weighted by Gasteiger charge is 2.21. The van der Waals surface area contributed by atoms with E-state index in [1.54, 1.807) is 12.3 Å². The largest absolute Gasteiger partial charge is 0.485 e. The number of thiazole rings is 1. The van der Waals surface area contributed by atoms with Crippen LogP contribution in [0.1, 0.15) is 23.9 Å². The van der Waals surface area contributed by atoms with Crippen molar-refractivity contribution in [1.82, 2.24) is 19.7 Å². The zero-order chi connectivity index (χ0) is 20.8. The quantitative estimate of drug-likeness (QED) is 0.405. The standard InChI is InChI=1S/C20H23N5O2S2/c1-5-9-25-17(12-27-16-11-13(2)6-7-14(16)3)23-24-20(25)29-15(4)18(26)22-19-21-8-10-28-19/h5-8,10-11,15H,1,9,12H2,2-4H3,(H,21,22,26)/t15-/m0/s1. The molecule has 1 atom stereocenters. The second kappa shape index (κ2) is 9.71. The van der Waals surface area contributed by atoms with Gasteiger partial charge in [0.2, 0.25) is 5.91 Å². The van der Waals surface area contributed by atoms with Crippen LogP contribution in [0.5, 0.6) is 5.75 Å². The van der Waals surface area contributed by atoms with E-state index in [0.29, 0.717) is 22.7 Å². The van der Waals surface area contributed by atoms with Crippen molar-refractivity contribution >= 4 is 34.1 Å². The molecule has 0 aliphatic carbocycles. The fraction of sp³-hybridized carbons (Fsp3) is 0.300.